The standard InChI is InChI=1S/C16H34N4O/c1-14(2)6-8-18-16(21)15(3)20-11-5-10-19(12-13-20)9-4-7-17/h14-15H,4-13,17H2,1-3H3,(H,18,21). The number of carbonyl (C=O) groups excluding carboxylic acids is 1. The Bertz CT molecular complexity index is 296. The van der Waals surface area contributed by atoms with E-state index in [9.17, 15) is 4.79 Å². The first kappa shape index (κ1) is 18.4. The van der Waals surface area contributed by atoms with Crippen LogP contribution in [0.25, 0.3) is 0 Å². The maximum absolute atomic E-state index is 12.2. The lowest BCUT2D eigenvalue weighted by molar-refractivity contribution is -0.125. The van der Waals surface area contributed by atoms with Crippen molar-refractivity contribution in [3.63, 3.8) is 0 Å². The minimum absolute atomic E-state index is 0.0216. The first-order chi connectivity index (χ1) is 10.0. The van der Waals surface area contributed by atoms with Crippen LogP contribution in [0, 0.1) is 5.92 Å². The van der Waals surface area contributed by atoms with Gasteiger partial charge in [0.15, 0.2) is 0 Å². The van der Waals surface area contributed by atoms with Crippen molar-refractivity contribution in [3.05, 3.63) is 0 Å². The summed E-state index contributed by atoms with van der Waals surface area (Å²) in [5, 5.41) is 3.07. The molecule has 5 nitrogen and oxygen atoms in total. The van der Waals surface area contributed by atoms with Crippen LogP contribution in [0.2, 0.25) is 0 Å². The summed E-state index contributed by atoms with van der Waals surface area (Å²) in [4.78, 5) is 17.0. The van der Waals surface area contributed by atoms with Crippen molar-refractivity contribution in [2.45, 2.75) is 46.1 Å². The molecular weight excluding hydrogens is 264 g/mol. The van der Waals surface area contributed by atoms with Crippen molar-refractivity contribution >= 4 is 5.91 Å². The predicted molar refractivity (Wildman–Crippen MR) is 88.2 cm³/mol. The molecule has 1 atom stereocenters. The summed E-state index contributed by atoms with van der Waals surface area (Å²) in [7, 11) is 0. The zero-order chi connectivity index (χ0) is 15.7. The first-order valence-corrected chi connectivity index (χ1v) is 8.48. The van der Waals surface area contributed by atoms with Crippen LogP contribution < -0.4 is 11.1 Å². The van der Waals surface area contributed by atoms with Crippen molar-refractivity contribution in [1.82, 2.24) is 15.1 Å². The Morgan fingerprint density at radius 2 is 1.95 bits per heavy atom. The molecule has 1 aliphatic rings. The lowest BCUT2D eigenvalue weighted by atomic mass is 10.1. The van der Waals surface area contributed by atoms with Gasteiger partial charge in [-0.15, -0.1) is 0 Å². The van der Waals surface area contributed by atoms with Gasteiger partial charge in [0.1, 0.15) is 0 Å². The molecule has 1 unspecified atom stereocenters. The van der Waals surface area contributed by atoms with E-state index in [4.69, 9.17) is 5.73 Å². The van der Waals surface area contributed by atoms with Gasteiger partial charge in [-0.25, -0.2) is 0 Å². The van der Waals surface area contributed by atoms with Crippen LogP contribution in [0.3, 0.4) is 0 Å². The fourth-order valence-electron chi connectivity index (χ4n) is 2.71. The highest BCUT2D eigenvalue weighted by molar-refractivity contribution is 5.81. The molecule has 5 heteroatoms. The molecule has 0 saturated carbocycles. The summed E-state index contributed by atoms with van der Waals surface area (Å²) >= 11 is 0. The van der Waals surface area contributed by atoms with Gasteiger partial charge in [-0.1, -0.05) is 13.8 Å². The number of nitrogens with zero attached hydrogens (tertiary/aromatic N) is 2. The van der Waals surface area contributed by atoms with Crippen molar-refractivity contribution in [3.8, 4) is 0 Å². The average Bonchev–Trinajstić information content (AvgIpc) is 2.69. The Balaban J connectivity index is 2.33. The minimum Gasteiger partial charge on any atom is -0.355 e. The lowest BCUT2D eigenvalue weighted by Crippen LogP contribution is -2.46. The van der Waals surface area contributed by atoms with E-state index in [-0.39, 0.29) is 11.9 Å². The number of rotatable bonds is 8. The van der Waals surface area contributed by atoms with E-state index >= 15 is 0 Å². The number of amides is 1. The molecular formula is C16H34N4O. The van der Waals surface area contributed by atoms with Crippen molar-refractivity contribution in [2.75, 3.05) is 45.8 Å². The van der Waals surface area contributed by atoms with Crippen LogP contribution >= 0.6 is 0 Å². The maximum atomic E-state index is 12.2. The molecule has 1 aliphatic heterocycles. The molecule has 1 heterocycles. The van der Waals surface area contributed by atoms with E-state index in [0.29, 0.717) is 5.92 Å². The van der Waals surface area contributed by atoms with E-state index in [1.807, 2.05) is 6.92 Å². The molecule has 0 bridgehead atoms. The molecule has 0 aromatic heterocycles. The topological polar surface area (TPSA) is 61.6 Å². The molecule has 0 aromatic rings. The summed E-state index contributed by atoms with van der Waals surface area (Å²) in [5.41, 5.74) is 5.58. The summed E-state index contributed by atoms with van der Waals surface area (Å²) in [6, 6.07) is -0.0216. The fraction of sp³-hybridized carbons (Fsp3) is 0.938. The Morgan fingerprint density at radius 1 is 1.19 bits per heavy atom. The van der Waals surface area contributed by atoms with Gasteiger partial charge in [-0.05, 0) is 51.7 Å². The van der Waals surface area contributed by atoms with Gasteiger partial charge >= 0.3 is 0 Å². The normalized spacial score (nSPS) is 19.5. The third-order valence-corrected chi connectivity index (χ3v) is 4.25. The van der Waals surface area contributed by atoms with E-state index in [2.05, 4.69) is 29.0 Å². The number of carbonyl (C=O) groups is 1. The van der Waals surface area contributed by atoms with E-state index < -0.39 is 0 Å². The van der Waals surface area contributed by atoms with Gasteiger partial charge in [0.05, 0.1) is 6.04 Å². The fourth-order valence-corrected chi connectivity index (χ4v) is 2.71. The largest absolute Gasteiger partial charge is 0.355 e. The molecule has 0 aliphatic carbocycles. The highest BCUT2D eigenvalue weighted by Gasteiger charge is 2.23. The Kier molecular flexibility index (Phi) is 8.88. The summed E-state index contributed by atoms with van der Waals surface area (Å²) in [6.45, 7) is 13.2. The molecule has 0 radical (unpaired) electrons. The van der Waals surface area contributed by atoms with Gasteiger partial charge in [0.2, 0.25) is 5.91 Å². The highest BCUT2D eigenvalue weighted by Crippen LogP contribution is 2.08. The number of nitrogens with one attached hydrogen (secondary N) is 1. The SMILES string of the molecule is CC(C)CCNC(=O)C(C)N1CCCN(CCCN)CC1. The Labute approximate surface area is 130 Å². The quantitative estimate of drug-likeness (QED) is 0.699. The molecule has 1 amide bonds. The smallest absolute Gasteiger partial charge is 0.237 e. The van der Waals surface area contributed by atoms with Crippen LogP contribution in [0.1, 0.15) is 40.0 Å². The first-order valence-electron chi connectivity index (χ1n) is 8.48. The minimum atomic E-state index is -0.0216. The second-order valence-electron chi connectivity index (χ2n) is 6.52. The molecule has 21 heavy (non-hydrogen) atoms. The third kappa shape index (κ3) is 7.25. The van der Waals surface area contributed by atoms with Gasteiger partial charge in [-0.3, -0.25) is 9.69 Å². The predicted octanol–water partition coefficient (Wildman–Crippen LogP) is 0.894. The maximum Gasteiger partial charge on any atom is 0.237 e. The summed E-state index contributed by atoms with van der Waals surface area (Å²) in [5.74, 6) is 0.806. The van der Waals surface area contributed by atoms with Gasteiger partial charge in [0.25, 0.3) is 0 Å². The molecule has 1 fully saturated rings. The van der Waals surface area contributed by atoms with Crippen LogP contribution in [-0.2, 0) is 4.79 Å². The van der Waals surface area contributed by atoms with Crippen LogP contribution in [0.15, 0.2) is 0 Å². The highest BCUT2D eigenvalue weighted by atomic mass is 16.2. The second kappa shape index (κ2) is 10.1. The molecule has 0 spiro atoms. The lowest BCUT2D eigenvalue weighted by Gasteiger charge is -2.27. The van der Waals surface area contributed by atoms with Crippen molar-refractivity contribution in [2.24, 2.45) is 11.7 Å². The van der Waals surface area contributed by atoms with E-state index in [1.54, 1.807) is 0 Å². The van der Waals surface area contributed by atoms with Crippen molar-refractivity contribution < 1.29 is 4.79 Å². The van der Waals surface area contributed by atoms with Crippen LogP contribution in [-0.4, -0.2) is 67.6 Å². The number of hydrogen-bond acceptors (Lipinski definition) is 4. The van der Waals surface area contributed by atoms with Crippen molar-refractivity contribution in [1.29, 1.82) is 0 Å². The zero-order valence-electron chi connectivity index (χ0n) is 14.1. The van der Waals surface area contributed by atoms with E-state index in [1.165, 1.54) is 0 Å². The molecule has 3 N–H and O–H groups in total. The van der Waals surface area contributed by atoms with E-state index in [0.717, 1.165) is 65.1 Å². The Hall–Kier alpha value is -0.650. The molecule has 0 aromatic carbocycles. The third-order valence-electron chi connectivity index (χ3n) is 4.25. The molecule has 1 saturated heterocycles. The summed E-state index contributed by atoms with van der Waals surface area (Å²) < 4.78 is 0. The number of nitrogens with two attached hydrogens (primary N) is 1. The van der Waals surface area contributed by atoms with Gasteiger partial charge in [0, 0.05) is 26.2 Å². The number of hydrogen-bond donors (Lipinski definition) is 2. The monoisotopic (exact) mass is 298 g/mol. The van der Waals surface area contributed by atoms with Crippen LogP contribution in [0.4, 0.5) is 0 Å². The van der Waals surface area contributed by atoms with Gasteiger partial charge < -0.3 is 16.0 Å². The van der Waals surface area contributed by atoms with Gasteiger partial charge in [-0.2, -0.15) is 0 Å². The average molecular weight is 298 g/mol. The summed E-state index contributed by atoms with van der Waals surface area (Å²) in [6.07, 6.45) is 3.24. The molecule has 124 valence electrons. The zero-order valence-corrected chi connectivity index (χ0v) is 14.1. The van der Waals surface area contributed by atoms with Crippen LogP contribution in [0.5, 0.6) is 0 Å². The molecule has 1 rings (SSSR count). The second-order valence-corrected chi connectivity index (χ2v) is 6.52. The Morgan fingerprint density at radius 3 is 2.62 bits per heavy atom.